The van der Waals surface area contributed by atoms with Crippen molar-refractivity contribution in [1.82, 2.24) is 5.32 Å². The lowest BCUT2D eigenvalue weighted by molar-refractivity contribution is 0.631. The Bertz CT molecular complexity index is 562. The average Bonchev–Trinajstić information content (AvgIpc) is 2.90. The monoisotopic (exact) mass is 399 g/mol. The number of benzene rings is 1. The molecule has 0 aliphatic rings. The fraction of sp³-hybridized carbons (Fsp3) is 0.412. The highest BCUT2D eigenvalue weighted by molar-refractivity contribution is 14.1. The van der Waals surface area contributed by atoms with Crippen molar-refractivity contribution < 1.29 is 0 Å². The van der Waals surface area contributed by atoms with Crippen molar-refractivity contribution in [2.24, 2.45) is 0 Å². The Hall–Kier alpha value is -0.390. The van der Waals surface area contributed by atoms with E-state index in [1.165, 1.54) is 25.1 Å². The van der Waals surface area contributed by atoms with Crippen molar-refractivity contribution in [2.45, 2.75) is 39.7 Å². The van der Waals surface area contributed by atoms with Crippen LogP contribution in [0.3, 0.4) is 0 Å². The molecule has 1 aromatic carbocycles. The maximum atomic E-state index is 3.62. The van der Waals surface area contributed by atoms with Gasteiger partial charge in [0.05, 0.1) is 8.93 Å². The molecule has 0 saturated heterocycles. The van der Waals surface area contributed by atoms with E-state index in [4.69, 9.17) is 0 Å². The highest BCUT2D eigenvalue weighted by Gasteiger charge is 2.15. The highest BCUT2D eigenvalue weighted by Crippen LogP contribution is 2.29. The number of aryl methyl sites for hydroxylation is 2. The van der Waals surface area contributed by atoms with Gasteiger partial charge in [-0.05, 0) is 75.7 Å². The standard InChI is InChI=1S/C17H22INS/c1-4-12-7-8-14(9-13(12)5-2)17(19-6-3)15-10-16(18)20-11-15/h7-11,17,19H,4-6H2,1-3H3. The molecule has 2 aromatic rings. The summed E-state index contributed by atoms with van der Waals surface area (Å²) in [5.41, 5.74) is 5.73. The first kappa shape index (κ1) is 16.0. The molecule has 0 spiro atoms. The molecule has 2 rings (SSSR count). The van der Waals surface area contributed by atoms with Gasteiger partial charge in [0.15, 0.2) is 0 Å². The van der Waals surface area contributed by atoms with E-state index in [-0.39, 0.29) is 0 Å². The van der Waals surface area contributed by atoms with Crippen LogP contribution in [-0.2, 0) is 12.8 Å². The summed E-state index contributed by atoms with van der Waals surface area (Å²) in [5.74, 6) is 0. The Balaban J connectivity index is 2.39. The molecule has 0 aliphatic carbocycles. The van der Waals surface area contributed by atoms with Gasteiger partial charge in [0.2, 0.25) is 0 Å². The van der Waals surface area contributed by atoms with E-state index in [0.717, 1.165) is 19.4 Å². The maximum absolute atomic E-state index is 3.62. The van der Waals surface area contributed by atoms with E-state index in [9.17, 15) is 0 Å². The van der Waals surface area contributed by atoms with E-state index in [1.807, 2.05) is 11.3 Å². The van der Waals surface area contributed by atoms with Crippen molar-refractivity contribution in [3.8, 4) is 0 Å². The summed E-state index contributed by atoms with van der Waals surface area (Å²) in [6, 6.07) is 9.58. The molecular formula is C17H22INS. The number of halogens is 1. The zero-order valence-corrected chi connectivity index (χ0v) is 15.3. The molecule has 0 saturated carbocycles. The van der Waals surface area contributed by atoms with E-state index in [0.29, 0.717) is 6.04 Å². The topological polar surface area (TPSA) is 12.0 Å². The van der Waals surface area contributed by atoms with Crippen LogP contribution in [0.15, 0.2) is 29.6 Å². The van der Waals surface area contributed by atoms with Crippen LogP contribution < -0.4 is 5.32 Å². The fourth-order valence-electron chi connectivity index (χ4n) is 2.61. The van der Waals surface area contributed by atoms with Crippen LogP contribution in [0, 0.1) is 2.88 Å². The largest absolute Gasteiger partial charge is 0.307 e. The molecule has 108 valence electrons. The van der Waals surface area contributed by atoms with Gasteiger partial charge >= 0.3 is 0 Å². The van der Waals surface area contributed by atoms with Crippen molar-refractivity contribution in [3.05, 3.63) is 54.8 Å². The molecular weight excluding hydrogens is 377 g/mol. The number of nitrogens with one attached hydrogen (secondary N) is 1. The van der Waals surface area contributed by atoms with Gasteiger partial charge in [-0.2, -0.15) is 0 Å². The third-order valence-electron chi connectivity index (χ3n) is 3.65. The molecule has 1 aromatic heterocycles. The van der Waals surface area contributed by atoms with Crippen molar-refractivity contribution in [3.63, 3.8) is 0 Å². The Labute approximate surface area is 139 Å². The lowest BCUT2D eigenvalue weighted by Gasteiger charge is -2.19. The van der Waals surface area contributed by atoms with Crippen molar-refractivity contribution in [1.29, 1.82) is 0 Å². The SMILES string of the molecule is CCNC(c1csc(I)c1)c1ccc(CC)c(CC)c1. The number of hydrogen-bond acceptors (Lipinski definition) is 2. The van der Waals surface area contributed by atoms with E-state index in [2.05, 4.69) is 78.3 Å². The zero-order chi connectivity index (χ0) is 14.5. The number of thiophene rings is 1. The highest BCUT2D eigenvalue weighted by atomic mass is 127. The van der Waals surface area contributed by atoms with Gasteiger partial charge in [0, 0.05) is 0 Å². The molecule has 1 heterocycles. The summed E-state index contributed by atoms with van der Waals surface area (Å²) in [5, 5.41) is 5.89. The van der Waals surface area contributed by atoms with Gasteiger partial charge in [-0.1, -0.05) is 39.0 Å². The number of hydrogen-bond donors (Lipinski definition) is 1. The molecule has 0 radical (unpaired) electrons. The Morgan fingerprint density at radius 3 is 2.35 bits per heavy atom. The second-order valence-corrected chi connectivity index (χ2v) is 7.72. The van der Waals surface area contributed by atoms with Crippen molar-refractivity contribution in [2.75, 3.05) is 6.54 Å². The average molecular weight is 399 g/mol. The maximum Gasteiger partial charge on any atom is 0.0656 e. The minimum atomic E-state index is 0.316. The van der Waals surface area contributed by atoms with Gasteiger partial charge in [-0.15, -0.1) is 11.3 Å². The molecule has 1 unspecified atom stereocenters. The van der Waals surface area contributed by atoms with E-state index >= 15 is 0 Å². The third kappa shape index (κ3) is 3.62. The molecule has 3 heteroatoms. The minimum absolute atomic E-state index is 0.316. The third-order valence-corrected chi connectivity index (χ3v) is 5.46. The summed E-state index contributed by atoms with van der Waals surface area (Å²) in [6.45, 7) is 7.63. The number of rotatable bonds is 6. The lowest BCUT2D eigenvalue weighted by atomic mass is 9.94. The lowest BCUT2D eigenvalue weighted by Crippen LogP contribution is -2.21. The summed E-state index contributed by atoms with van der Waals surface area (Å²) in [4.78, 5) is 0. The molecule has 1 nitrogen and oxygen atoms in total. The molecule has 0 aliphatic heterocycles. The Morgan fingerprint density at radius 1 is 1.05 bits per heavy atom. The second kappa shape index (κ2) is 7.57. The quantitative estimate of drug-likeness (QED) is 0.661. The van der Waals surface area contributed by atoms with Crippen molar-refractivity contribution >= 4 is 33.9 Å². The predicted octanol–water partition coefficient (Wildman–Crippen LogP) is 5.18. The summed E-state index contributed by atoms with van der Waals surface area (Å²) >= 11 is 4.22. The van der Waals surface area contributed by atoms with Gasteiger partial charge in [0.1, 0.15) is 0 Å². The van der Waals surface area contributed by atoms with Crippen LogP contribution in [0.4, 0.5) is 0 Å². The molecule has 20 heavy (non-hydrogen) atoms. The molecule has 1 atom stereocenters. The summed E-state index contributed by atoms with van der Waals surface area (Å²) < 4.78 is 1.35. The Morgan fingerprint density at radius 2 is 1.80 bits per heavy atom. The predicted molar refractivity (Wildman–Crippen MR) is 97.8 cm³/mol. The molecule has 1 N–H and O–H groups in total. The van der Waals surface area contributed by atoms with Gasteiger partial charge in [-0.3, -0.25) is 0 Å². The summed E-state index contributed by atoms with van der Waals surface area (Å²) in [7, 11) is 0. The Kier molecular flexibility index (Phi) is 6.05. The second-order valence-electron chi connectivity index (χ2n) is 4.91. The first-order valence-corrected chi connectivity index (χ1v) is 9.24. The summed E-state index contributed by atoms with van der Waals surface area (Å²) in [6.07, 6.45) is 2.22. The first-order valence-electron chi connectivity index (χ1n) is 7.28. The first-order chi connectivity index (χ1) is 9.69. The van der Waals surface area contributed by atoms with Gasteiger partial charge < -0.3 is 5.32 Å². The zero-order valence-electron chi connectivity index (χ0n) is 12.4. The van der Waals surface area contributed by atoms with E-state index in [1.54, 1.807) is 0 Å². The smallest absolute Gasteiger partial charge is 0.0656 e. The van der Waals surface area contributed by atoms with Gasteiger partial charge in [0.25, 0.3) is 0 Å². The van der Waals surface area contributed by atoms with Crippen LogP contribution in [0.1, 0.15) is 49.1 Å². The van der Waals surface area contributed by atoms with E-state index < -0.39 is 0 Å². The fourth-order valence-corrected chi connectivity index (χ4v) is 4.00. The molecule has 0 fully saturated rings. The van der Waals surface area contributed by atoms with Crippen LogP contribution >= 0.6 is 33.9 Å². The van der Waals surface area contributed by atoms with Gasteiger partial charge in [-0.25, -0.2) is 0 Å². The van der Waals surface area contributed by atoms with Crippen LogP contribution in [-0.4, -0.2) is 6.54 Å². The van der Waals surface area contributed by atoms with Crippen LogP contribution in [0.2, 0.25) is 0 Å². The minimum Gasteiger partial charge on any atom is -0.307 e. The van der Waals surface area contributed by atoms with Crippen LogP contribution in [0.25, 0.3) is 0 Å². The molecule has 0 amide bonds. The normalized spacial score (nSPS) is 12.6. The van der Waals surface area contributed by atoms with Crippen LogP contribution in [0.5, 0.6) is 0 Å². The molecule has 0 bridgehead atoms.